The lowest BCUT2D eigenvalue weighted by Gasteiger charge is -2.35. The zero-order valence-corrected chi connectivity index (χ0v) is 14.1. The molecule has 8 heteroatoms. The molecule has 0 unspecified atom stereocenters. The number of nitrogens with one attached hydrogen (secondary N) is 1. The molecule has 2 aromatic rings. The summed E-state index contributed by atoms with van der Waals surface area (Å²) in [6.07, 6.45) is 1.81. The molecular weight excluding hydrogens is 324 g/mol. The number of thiazole rings is 1. The smallest absolute Gasteiger partial charge is 0.246 e. The second kappa shape index (κ2) is 7.78. The Balaban J connectivity index is 1.47. The molecule has 0 saturated carbocycles. The van der Waals surface area contributed by atoms with Gasteiger partial charge in [-0.15, -0.1) is 11.3 Å². The number of carbonyl (C=O) groups is 1. The molecule has 0 radical (unpaired) electrons. The maximum atomic E-state index is 11.9. The van der Waals surface area contributed by atoms with Crippen LogP contribution >= 0.6 is 11.3 Å². The van der Waals surface area contributed by atoms with Gasteiger partial charge in [0.15, 0.2) is 11.1 Å². The lowest BCUT2D eigenvalue weighted by molar-refractivity contribution is -0.114. The molecule has 7 nitrogen and oxygen atoms in total. The Hall–Kier alpha value is -2.61. The van der Waals surface area contributed by atoms with Gasteiger partial charge in [0.25, 0.3) is 0 Å². The average molecular weight is 344 g/mol. The molecule has 1 amide bonds. The number of para-hydroxylation sites is 1. The van der Waals surface area contributed by atoms with Crippen molar-refractivity contribution < 1.29 is 4.79 Å². The lowest BCUT2D eigenvalue weighted by Crippen LogP contribution is -2.51. The molecule has 1 saturated heterocycles. The summed E-state index contributed by atoms with van der Waals surface area (Å²) in [5.41, 5.74) is 6.78. The number of benzene rings is 1. The summed E-state index contributed by atoms with van der Waals surface area (Å²) in [6, 6.07) is 9.31. The second-order valence-corrected chi connectivity index (χ2v) is 6.25. The van der Waals surface area contributed by atoms with Gasteiger partial charge in [-0.05, 0) is 12.1 Å². The molecule has 1 fully saturated rings. The van der Waals surface area contributed by atoms with Crippen LogP contribution in [0.2, 0.25) is 0 Å². The molecule has 0 spiro atoms. The van der Waals surface area contributed by atoms with Crippen molar-refractivity contribution in [3.63, 3.8) is 0 Å². The van der Waals surface area contributed by atoms with Crippen molar-refractivity contribution in [3.8, 4) is 0 Å². The second-order valence-electron chi connectivity index (χ2n) is 5.38. The van der Waals surface area contributed by atoms with E-state index in [1.807, 2.05) is 46.8 Å². The third kappa shape index (κ3) is 4.23. The van der Waals surface area contributed by atoms with Crippen LogP contribution in [0.4, 0.5) is 10.8 Å². The molecule has 1 aromatic carbocycles. The zero-order chi connectivity index (χ0) is 16.8. The number of anilines is 2. The summed E-state index contributed by atoms with van der Waals surface area (Å²) >= 11 is 1.64. The first-order valence-electron chi connectivity index (χ1n) is 7.76. The predicted octanol–water partition coefficient (Wildman–Crippen LogP) is 1.22. The van der Waals surface area contributed by atoms with E-state index < -0.39 is 0 Å². The molecule has 2 heterocycles. The number of hydrogen-bond acceptors (Lipinski definition) is 5. The van der Waals surface area contributed by atoms with Crippen molar-refractivity contribution >= 4 is 34.0 Å². The van der Waals surface area contributed by atoms with Gasteiger partial charge in [-0.3, -0.25) is 4.79 Å². The molecule has 1 aromatic heterocycles. The minimum Gasteiger partial charge on any atom is -0.370 e. The highest BCUT2D eigenvalue weighted by Crippen LogP contribution is 2.18. The number of aliphatic imine (C=N–C) groups is 1. The topological polar surface area (TPSA) is 86.8 Å². The van der Waals surface area contributed by atoms with Crippen LogP contribution in [-0.4, -0.2) is 54.5 Å². The van der Waals surface area contributed by atoms with Gasteiger partial charge in [0.2, 0.25) is 5.91 Å². The van der Waals surface area contributed by atoms with Crippen molar-refractivity contribution in [1.29, 1.82) is 0 Å². The van der Waals surface area contributed by atoms with Crippen LogP contribution < -0.4 is 16.0 Å². The third-order valence-electron chi connectivity index (χ3n) is 3.74. The molecule has 126 valence electrons. The van der Waals surface area contributed by atoms with Gasteiger partial charge in [0, 0.05) is 43.4 Å². The summed E-state index contributed by atoms with van der Waals surface area (Å²) in [7, 11) is 0. The maximum absolute atomic E-state index is 11.9. The maximum Gasteiger partial charge on any atom is 0.246 e. The van der Waals surface area contributed by atoms with Crippen LogP contribution in [0.25, 0.3) is 0 Å². The van der Waals surface area contributed by atoms with Gasteiger partial charge in [-0.2, -0.15) is 0 Å². The van der Waals surface area contributed by atoms with Crippen LogP contribution in [0, 0.1) is 0 Å². The highest BCUT2D eigenvalue weighted by Gasteiger charge is 2.19. The summed E-state index contributed by atoms with van der Waals surface area (Å²) in [6.45, 7) is 3.26. The predicted molar refractivity (Wildman–Crippen MR) is 97.5 cm³/mol. The Labute approximate surface area is 144 Å². The monoisotopic (exact) mass is 344 g/mol. The van der Waals surface area contributed by atoms with E-state index in [0.717, 1.165) is 37.0 Å². The first-order chi connectivity index (χ1) is 11.7. The van der Waals surface area contributed by atoms with Crippen molar-refractivity contribution in [2.24, 2.45) is 10.7 Å². The number of nitrogens with two attached hydrogens (primary N) is 1. The molecule has 0 atom stereocenters. The number of amides is 1. The molecule has 1 aliphatic heterocycles. The van der Waals surface area contributed by atoms with E-state index in [1.165, 1.54) is 0 Å². The van der Waals surface area contributed by atoms with E-state index in [4.69, 9.17) is 5.73 Å². The SMILES string of the molecule is NC(=NCC(=O)Nc1ccccc1)N1CCN(c2nccs2)CC1. The van der Waals surface area contributed by atoms with E-state index in [0.29, 0.717) is 5.96 Å². The number of guanidine groups is 1. The number of aromatic nitrogens is 1. The van der Waals surface area contributed by atoms with E-state index >= 15 is 0 Å². The van der Waals surface area contributed by atoms with Crippen molar-refractivity contribution in [3.05, 3.63) is 41.9 Å². The lowest BCUT2D eigenvalue weighted by atomic mass is 10.3. The summed E-state index contributed by atoms with van der Waals surface area (Å²) in [4.78, 5) is 24.7. The minimum atomic E-state index is -0.175. The standard InChI is InChI=1S/C16H20N6OS/c17-15(19-12-14(23)20-13-4-2-1-3-5-13)21-7-9-22(10-8-21)16-18-6-11-24-16/h1-6,11H,7-10,12H2,(H2,17,19)(H,20,23). The van der Waals surface area contributed by atoms with Crippen LogP contribution in [0.5, 0.6) is 0 Å². The van der Waals surface area contributed by atoms with E-state index in [-0.39, 0.29) is 12.5 Å². The Kier molecular flexibility index (Phi) is 5.27. The largest absolute Gasteiger partial charge is 0.370 e. The van der Waals surface area contributed by atoms with Gasteiger partial charge in [-0.1, -0.05) is 18.2 Å². The molecular formula is C16H20N6OS. The summed E-state index contributed by atoms with van der Waals surface area (Å²) in [5, 5.41) is 5.80. The fourth-order valence-corrected chi connectivity index (χ4v) is 3.17. The highest BCUT2D eigenvalue weighted by molar-refractivity contribution is 7.13. The normalized spacial score (nSPS) is 15.4. The van der Waals surface area contributed by atoms with Gasteiger partial charge >= 0.3 is 0 Å². The number of carbonyl (C=O) groups excluding carboxylic acids is 1. The highest BCUT2D eigenvalue weighted by atomic mass is 32.1. The van der Waals surface area contributed by atoms with Gasteiger partial charge in [-0.25, -0.2) is 9.98 Å². The molecule has 0 aliphatic carbocycles. The third-order valence-corrected chi connectivity index (χ3v) is 4.57. The Morgan fingerprint density at radius 2 is 2.00 bits per heavy atom. The number of nitrogens with zero attached hydrogens (tertiary/aromatic N) is 4. The first-order valence-corrected chi connectivity index (χ1v) is 8.64. The quantitative estimate of drug-likeness (QED) is 0.643. The summed E-state index contributed by atoms with van der Waals surface area (Å²) < 4.78 is 0. The van der Waals surface area contributed by atoms with E-state index in [1.54, 1.807) is 11.3 Å². The Morgan fingerprint density at radius 1 is 1.25 bits per heavy atom. The number of hydrogen-bond donors (Lipinski definition) is 2. The van der Waals surface area contributed by atoms with Crippen molar-refractivity contribution in [2.75, 3.05) is 42.9 Å². The van der Waals surface area contributed by atoms with Crippen LogP contribution in [0.15, 0.2) is 46.9 Å². The molecule has 1 aliphatic rings. The van der Waals surface area contributed by atoms with Crippen LogP contribution in [-0.2, 0) is 4.79 Å². The fraction of sp³-hybridized carbons (Fsp3) is 0.312. The van der Waals surface area contributed by atoms with E-state index in [9.17, 15) is 4.79 Å². The number of rotatable bonds is 4. The van der Waals surface area contributed by atoms with Gasteiger partial charge in [0.05, 0.1) is 0 Å². The first kappa shape index (κ1) is 16.3. The van der Waals surface area contributed by atoms with E-state index in [2.05, 4.69) is 20.2 Å². The zero-order valence-electron chi connectivity index (χ0n) is 13.3. The summed E-state index contributed by atoms with van der Waals surface area (Å²) in [5.74, 6) is 0.238. The molecule has 24 heavy (non-hydrogen) atoms. The molecule has 0 bridgehead atoms. The molecule has 3 rings (SSSR count). The van der Waals surface area contributed by atoms with Crippen LogP contribution in [0.1, 0.15) is 0 Å². The average Bonchev–Trinajstić information content (AvgIpc) is 3.15. The van der Waals surface area contributed by atoms with Gasteiger partial charge < -0.3 is 20.9 Å². The van der Waals surface area contributed by atoms with Crippen molar-refractivity contribution in [1.82, 2.24) is 9.88 Å². The number of piperazine rings is 1. The van der Waals surface area contributed by atoms with Crippen molar-refractivity contribution in [2.45, 2.75) is 0 Å². The Morgan fingerprint density at radius 3 is 2.67 bits per heavy atom. The van der Waals surface area contributed by atoms with Crippen LogP contribution in [0.3, 0.4) is 0 Å². The molecule has 3 N–H and O–H groups in total. The Bertz CT molecular complexity index is 680. The van der Waals surface area contributed by atoms with Gasteiger partial charge in [0.1, 0.15) is 6.54 Å². The fourth-order valence-electron chi connectivity index (χ4n) is 2.47. The minimum absolute atomic E-state index is 0.0213.